The van der Waals surface area contributed by atoms with Crippen molar-refractivity contribution in [2.24, 2.45) is 0 Å². The van der Waals surface area contributed by atoms with Gasteiger partial charge in [0.1, 0.15) is 23.1 Å². The van der Waals surface area contributed by atoms with Crippen LogP contribution in [0.15, 0.2) is 46.8 Å². The van der Waals surface area contributed by atoms with Gasteiger partial charge >= 0.3 is 0 Å². The molecule has 0 radical (unpaired) electrons. The highest BCUT2D eigenvalue weighted by atomic mass is 32.1. The van der Waals surface area contributed by atoms with E-state index in [1.807, 2.05) is 22.9 Å². The van der Waals surface area contributed by atoms with E-state index in [1.54, 1.807) is 35.5 Å². The molecule has 1 unspecified atom stereocenters. The number of thiazole rings is 1. The summed E-state index contributed by atoms with van der Waals surface area (Å²) in [5.41, 5.74) is 1.47. The average molecular weight is 423 g/mol. The Morgan fingerprint density at radius 1 is 1.37 bits per heavy atom. The van der Waals surface area contributed by atoms with Crippen molar-refractivity contribution >= 4 is 33.9 Å². The third-order valence-electron chi connectivity index (χ3n) is 5.35. The molecule has 4 aromatic heterocycles. The smallest absolute Gasteiger partial charge is 0.273 e. The second-order valence-corrected chi connectivity index (χ2v) is 8.20. The van der Waals surface area contributed by atoms with Crippen molar-refractivity contribution < 1.29 is 9.53 Å². The van der Waals surface area contributed by atoms with Crippen LogP contribution in [0.3, 0.4) is 0 Å². The fraction of sp³-hybridized carbons (Fsp3) is 0.333. The van der Waals surface area contributed by atoms with E-state index in [0.717, 1.165) is 12.8 Å². The maximum absolute atomic E-state index is 13.4. The summed E-state index contributed by atoms with van der Waals surface area (Å²) in [5, 5.41) is 2.95. The first kappa shape index (κ1) is 18.8. The molecule has 1 saturated heterocycles. The van der Waals surface area contributed by atoms with Gasteiger partial charge in [0.05, 0.1) is 11.9 Å². The molecule has 154 valence electrons. The summed E-state index contributed by atoms with van der Waals surface area (Å²) in [4.78, 5) is 37.0. The van der Waals surface area contributed by atoms with Gasteiger partial charge < -0.3 is 14.2 Å². The number of aryl methyl sites for hydroxylation is 1. The van der Waals surface area contributed by atoms with Gasteiger partial charge in [0.2, 0.25) is 0 Å². The van der Waals surface area contributed by atoms with E-state index in [1.165, 1.54) is 15.7 Å². The van der Waals surface area contributed by atoms with Crippen molar-refractivity contribution in [1.82, 2.24) is 23.8 Å². The van der Waals surface area contributed by atoms with Gasteiger partial charge in [0, 0.05) is 37.3 Å². The minimum atomic E-state index is -0.161. The molecule has 9 heteroatoms. The Bertz CT molecular complexity index is 1280. The van der Waals surface area contributed by atoms with E-state index in [9.17, 15) is 9.59 Å². The quantitative estimate of drug-likeness (QED) is 0.493. The van der Waals surface area contributed by atoms with Crippen LogP contribution in [0.4, 0.5) is 0 Å². The molecule has 8 nitrogen and oxygen atoms in total. The molecule has 0 aliphatic carbocycles. The summed E-state index contributed by atoms with van der Waals surface area (Å²) >= 11 is 1.44. The van der Waals surface area contributed by atoms with Gasteiger partial charge in [-0.1, -0.05) is 24.3 Å². The van der Waals surface area contributed by atoms with Crippen LogP contribution in [0.25, 0.3) is 16.7 Å². The van der Waals surface area contributed by atoms with E-state index in [4.69, 9.17) is 4.74 Å². The van der Waals surface area contributed by atoms with Crippen molar-refractivity contribution in [3.8, 4) is 5.19 Å². The summed E-state index contributed by atoms with van der Waals surface area (Å²) < 4.78 is 9.27. The minimum absolute atomic E-state index is 0.0737. The highest BCUT2D eigenvalue weighted by Gasteiger charge is 2.31. The lowest BCUT2D eigenvalue weighted by Gasteiger charge is -2.18. The first-order chi connectivity index (χ1) is 14.7. The number of hydrogen-bond acceptors (Lipinski definition) is 6. The number of aromatic nitrogens is 4. The second-order valence-electron chi connectivity index (χ2n) is 7.34. The third-order valence-corrected chi connectivity index (χ3v) is 6.01. The molecule has 30 heavy (non-hydrogen) atoms. The molecule has 1 atom stereocenters. The maximum atomic E-state index is 13.4. The number of carbonyl (C=O) groups excluding carboxylic acids is 1. The molecule has 0 saturated carbocycles. The summed E-state index contributed by atoms with van der Waals surface area (Å²) in [5.74, 6) is -0.0971. The molecule has 4 aromatic rings. The summed E-state index contributed by atoms with van der Waals surface area (Å²) in [7, 11) is 0. The highest BCUT2D eigenvalue weighted by Crippen LogP contribution is 2.24. The minimum Gasteiger partial charge on any atom is -0.465 e. The van der Waals surface area contributed by atoms with Crippen molar-refractivity contribution in [2.45, 2.75) is 32.4 Å². The van der Waals surface area contributed by atoms with Gasteiger partial charge in [-0.3, -0.25) is 14.0 Å². The summed E-state index contributed by atoms with van der Waals surface area (Å²) in [6.45, 7) is 3.77. The molecule has 1 aliphatic rings. The van der Waals surface area contributed by atoms with E-state index in [-0.39, 0.29) is 17.6 Å². The van der Waals surface area contributed by atoms with Gasteiger partial charge in [-0.2, -0.15) is 0 Å². The van der Waals surface area contributed by atoms with Gasteiger partial charge in [0.15, 0.2) is 0 Å². The number of likely N-dealkylation sites (tertiary alicyclic amines) is 1. The highest BCUT2D eigenvalue weighted by molar-refractivity contribution is 7.11. The van der Waals surface area contributed by atoms with Crippen LogP contribution in [0.1, 0.15) is 30.3 Å². The number of rotatable bonds is 5. The first-order valence-electron chi connectivity index (χ1n) is 10.0. The number of nitrogens with zero attached hydrogens (tertiary/aromatic N) is 5. The molecule has 1 amide bonds. The molecule has 5 rings (SSSR count). The monoisotopic (exact) mass is 423 g/mol. The van der Waals surface area contributed by atoms with Crippen molar-refractivity contribution in [1.29, 1.82) is 0 Å². The SMILES string of the molecule is CCCn1c(C(=O)N2CCC(Oc3nccs3)C2)cc2c(=O)n3ccccc3nc21. The zero-order valence-electron chi connectivity index (χ0n) is 16.5. The molecule has 1 fully saturated rings. The Balaban J connectivity index is 1.51. The second kappa shape index (κ2) is 7.56. The largest absolute Gasteiger partial charge is 0.465 e. The predicted octanol–water partition coefficient (Wildman–Crippen LogP) is 2.81. The van der Waals surface area contributed by atoms with Crippen LogP contribution in [-0.2, 0) is 6.54 Å². The van der Waals surface area contributed by atoms with E-state index >= 15 is 0 Å². The van der Waals surface area contributed by atoms with Crippen LogP contribution < -0.4 is 10.3 Å². The fourth-order valence-corrected chi connectivity index (χ4v) is 4.51. The van der Waals surface area contributed by atoms with E-state index in [2.05, 4.69) is 9.97 Å². The molecular formula is C21H21N5O3S. The lowest BCUT2D eigenvalue weighted by Crippen LogP contribution is -2.32. The lowest BCUT2D eigenvalue weighted by molar-refractivity contribution is 0.0762. The van der Waals surface area contributed by atoms with Crippen LogP contribution in [0.2, 0.25) is 0 Å². The predicted molar refractivity (Wildman–Crippen MR) is 114 cm³/mol. The summed E-state index contributed by atoms with van der Waals surface area (Å²) in [6, 6.07) is 7.13. The molecule has 0 N–H and O–H groups in total. The molecule has 0 bridgehead atoms. The standard InChI is InChI=1S/C21H21N5O3S/c1-2-8-25-16(12-15-18(25)23-17-5-3-4-9-26(17)19(15)27)20(28)24-10-6-14(13-24)29-21-22-7-11-30-21/h3-5,7,9,11-12,14H,2,6,8,10,13H2,1H3. The Morgan fingerprint density at radius 2 is 2.27 bits per heavy atom. The van der Waals surface area contributed by atoms with Gasteiger partial charge in [0.25, 0.3) is 16.7 Å². The van der Waals surface area contributed by atoms with Crippen LogP contribution in [-0.4, -0.2) is 48.9 Å². The van der Waals surface area contributed by atoms with Crippen LogP contribution >= 0.6 is 11.3 Å². The fourth-order valence-electron chi connectivity index (χ4n) is 3.96. The number of carbonyl (C=O) groups is 1. The molecule has 1 aliphatic heterocycles. The number of ether oxygens (including phenoxy) is 1. The van der Waals surface area contributed by atoms with Crippen molar-refractivity contribution in [3.63, 3.8) is 0 Å². The lowest BCUT2D eigenvalue weighted by atomic mass is 10.3. The van der Waals surface area contributed by atoms with Gasteiger partial charge in [-0.05, 0) is 24.6 Å². The Labute approximate surface area is 176 Å². The maximum Gasteiger partial charge on any atom is 0.273 e. The molecular weight excluding hydrogens is 402 g/mol. The number of hydrogen-bond donors (Lipinski definition) is 0. The topological polar surface area (TPSA) is 81.7 Å². The van der Waals surface area contributed by atoms with E-state index in [0.29, 0.717) is 47.2 Å². The van der Waals surface area contributed by atoms with Gasteiger partial charge in [-0.25, -0.2) is 9.97 Å². The zero-order chi connectivity index (χ0) is 20.7. The Hall–Kier alpha value is -3.20. The van der Waals surface area contributed by atoms with E-state index < -0.39 is 0 Å². The number of fused-ring (bicyclic) bond motifs is 2. The third kappa shape index (κ3) is 3.15. The normalized spacial score (nSPS) is 16.6. The molecule has 0 aromatic carbocycles. The van der Waals surface area contributed by atoms with Crippen LogP contribution in [0.5, 0.6) is 5.19 Å². The zero-order valence-corrected chi connectivity index (χ0v) is 17.3. The molecule has 0 spiro atoms. The van der Waals surface area contributed by atoms with Crippen LogP contribution in [0, 0.1) is 0 Å². The van der Waals surface area contributed by atoms with Crippen molar-refractivity contribution in [2.75, 3.05) is 13.1 Å². The van der Waals surface area contributed by atoms with Crippen molar-refractivity contribution in [3.05, 3.63) is 58.1 Å². The molecule has 5 heterocycles. The average Bonchev–Trinajstić information content (AvgIpc) is 3.50. The Morgan fingerprint density at radius 3 is 3.07 bits per heavy atom. The first-order valence-corrected chi connectivity index (χ1v) is 10.9. The number of amides is 1. The number of pyridine rings is 1. The Kier molecular flexibility index (Phi) is 4.74. The summed E-state index contributed by atoms with van der Waals surface area (Å²) in [6.07, 6.45) is 4.91. The van der Waals surface area contributed by atoms with Gasteiger partial charge in [-0.15, -0.1) is 0 Å².